The Morgan fingerprint density at radius 1 is 0.792 bits per heavy atom. The smallest absolute Gasteiger partial charge is 0.389 e. The molecule has 238 valence electrons. The number of aromatic nitrogens is 4. The minimum absolute atomic E-state index is 0.0205. The molecule has 0 bridgehead atoms. The van der Waals surface area contributed by atoms with Crippen LogP contribution in [-0.2, 0) is 11.7 Å². The molecule has 0 saturated heterocycles. The van der Waals surface area contributed by atoms with Gasteiger partial charge in [0.15, 0.2) is 17.0 Å². The number of halogens is 3. The summed E-state index contributed by atoms with van der Waals surface area (Å²) >= 11 is 0. The zero-order chi connectivity index (χ0) is 33.0. The molecule has 2 aliphatic carbocycles. The van der Waals surface area contributed by atoms with E-state index in [1.807, 2.05) is 60.7 Å². The highest BCUT2D eigenvalue weighted by Crippen LogP contribution is 2.61. The summed E-state index contributed by atoms with van der Waals surface area (Å²) < 4.78 is 41.8. The molecule has 1 N–H and O–H groups in total. The fourth-order valence-electron chi connectivity index (χ4n) is 7.61. The average Bonchev–Trinajstić information content (AvgIpc) is 3.79. The molecular formula is C37H26F3N5O3. The largest absolute Gasteiger partial charge is 0.435 e. The third-order valence-corrected chi connectivity index (χ3v) is 10.1. The molecule has 1 aliphatic heterocycles. The molecular weight excluding hydrogens is 619 g/mol. The molecule has 9 rings (SSSR count). The molecule has 6 aromatic rings. The van der Waals surface area contributed by atoms with Gasteiger partial charge in [-0.1, -0.05) is 66.7 Å². The fourth-order valence-corrected chi connectivity index (χ4v) is 7.61. The number of nitrogens with zero attached hydrogens (tertiary/aromatic N) is 5. The molecule has 3 aromatic heterocycles. The van der Waals surface area contributed by atoms with Gasteiger partial charge in [-0.2, -0.15) is 22.8 Å². The van der Waals surface area contributed by atoms with Gasteiger partial charge in [0.05, 0.1) is 28.0 Å². The van der Waals surface area contributed by atoms with Gasteiger partial charge in [-0.3, -0.25) is 14.5 Å². The van der Waals surface area contributed by atoms with Gasteiger partial charge in [0.2, 0.25) is 0 Å². The molecule has 2 amide bonds. The molecule has 2 fully saturated rings. The van der Waals surface area contributed by atoms with E-state index in [-0.39, 0.29) is 41.9 Å². The van der Waals surface area contributed by atoms with Crippen LogP contribution in [0.25, 0.3) is 39.1 Å². The maximum Gasteiger partial charge on any atom is 0.435 e. The molecule has 11 heteroatoms. The van der Waals surface area contributed by atoms with E-state index in [1.165, 1.54) is 11.1 Å². The Morgan fingerprint density at radius 2 is 1.44 bits per heavy atom. The van der Waals surface area contributed by atoms with Gasteiger partial charge in [0.25, 0.3) is 11.8 Å². The first-order valence-electron chi connectivity index (χ1n) is 15.7. The van der Waals surface area contributed by atoms with Gasteiger partial charge in [-0.05, 0) is 48.1 Å². The van der Waals surface area contributed by atoms with Gasteiger partial charge in [0, 0.05) is 41.6 Å². The number of benzene rings is 3. The van der Waals surface area contributed by atoms with E-state index in [2.05, 4.69) is 10.1 Å². The van der Waals surface area contributed by atoms with Gasteiger partial charge < -0.3 is 5.11 Å². The number of rotatable bonds is 5. The lowest BCUT2D eigenvalue weighted by Gasteiger charge is -2.57. The molecule has 0 spiro atoms. The number of carbonyl (C=O) groups excluding carboxylic acids is 2. The van der Waals surface area contributed by atoms with Crippen molar-refractivity contribution in [1.29, 1.82) is 0 Å². The van der Waals surface area contributed by atoms with Crippen LogP contribution in [0.15, 0.2) is 97.2 Å². The van der Waals surface area contributed by atoms with Crippen molar-refractivity contribution >= 4 is 28.5 Å². The minimum atomic E-state index is -4.65. The second-order valence-electron chi connectivity index (χ2n) is 13.1. The molecule has 0 atom stereocenters. The highest BCUT2D eigenvalue weighted by Gasteiger charge is 2.66. The van der Waals surface area contributed by atoms with Gasteiger partial charge in [-0.15, -0.1) is 0 Å². The zero-order valence-corrected chi connectivity index (χ0v) is 25.3. The first-order valence-corrected chi connectivity index (χ1v) is 15.7. The number of pyridine rings is 1. The summed E-state index contributed by atoms with van der Waals surface area (Å²) in [6, 6.07) is 26.4. The highest BCUT2D eigenvalue weighted by atomic mass is 19.4. The Hall–Kier alpha value is -5.42. The first kappa shape index (κ1) is 28.8. The Kier molecular flexibility index (Phi) is 5.88. The number of fused-ring (bicyclic) bond motifs is 4. The Bertz CT molecular complexity index is 2270. The lowest BCUT2D eigenvalue weighted by Crippen LogP contribution is -2.65. The summed E-state index contributed by atoms with van der Waals surface area (Å²) in [5.74, 6) is -0.618. The van der Waals surface area contributed by atoms with E-state index >= 15 is 0 Å². The first-order chi connectivity index (χ1) is 23.1. The van der Waals surface area contributed by atoms with E-state index in [4.69, 9.17) is 4.98 Å². The molecule has 0 unspecified atom stereocenters. The van der Waals surface area contributed by atoms with Crippen molar-refractivity contribution in [3.63, 3.8) is 0 Å². The summed E-state index contributed by atoms with van der Waals surface area (Å²) in [6.07, 6.45) is -0.858. The number of imide groups is 1. The summed E-state index contributed by atoms with van der Waals surface area (Å²) in [4.78, 5) is 37.9. The van der Waals surface area contributed by atoms with Crippen molar-refractivity contribution in [2.45, 2.75) is 43.0 Å². The van der Waals surface area contributed by atoms with Crippen LogP contribution in [0, 0.1) is 5.92 Å². The quantitative estimate of drug-likeness (QED) is 0.202. The average molecular weight is 646 g/mol. The Balaban J connectivity index is 1.18. The number of amides is 2. The molecule has 48 heavy (non-hydrogen) atoms. The van der Waals surface area contributed by atoms with Crippen molar-refractivity contribution < 1.29 is 27.9 Å². The van der Waals surface area contributed by atoms with Crippen molar-refractivity contribution in [3.8, 4) is 22.4 Å². The predicted octanol–water partition coefficient (Wildman–Crippen LogP) is 7.06. The SMILES string of the molecule is O=C1c2ccccc2C(=O)N1C1(c2ccc(-c3nc4c(cnc5cc(C(F)(F)F)nn54)cc3-c3ccccc3)cc2)CC(O)(C2CC2)C1. The maximum absolute atomic E-state index is 13.7. The van der Waals surface area contributed by atoms with Crippen LogP contribution in [0.3, 0.4) is 0 Å². The van der Waals surface area contributed by atoms with Crippen LogP contribution in [0.4, 0.5) is 13.2 Å². The van der Waals surface area contributed by atoms with Gasteiger partial charge >= 0.3 is 6.18 Å². The normalized spacial score (nSPS) is 22.4. The van der Waals surface area contributed by atoms with E-state index in [0.717, 1.165) is 34.6 Å². The number of hydrogen-bond donors (Lipinski definition) is 1. The van der Waals surface area contributed by atoms with Crippen LogP contribution >= 0.6 is 0 Å². The molecule has 4 heterocycles. The summed E-state index contributed by atoms with van der Waals surface area (Å²) in [5, 5.41) is 15.8. The second kappa shape index (κ2) is 9.80. The van der Waals surface area contributed by atoms with E-state index < -0.39 is 23.0 Å². The minimum Gasteiger partial charge on any atom is -0.389 e. The van der Waals surface area contributed by atoms with Crippen LogP contribution in [-0.4, -0.2) is 47.0 Å². The lowest BCUT2D eigenvalue weighted by atomic mass is 9.58. The van der Waals surface area contributed by atoms with E-state index in [0.29, 0.717) is 33.3 Å². The number of carbonyl (C=O) groups is 2. The van der Waals surface area contributed by atoms with Crippen LogP contribution in [0.1, 0.15) is 57.7 Å². The van der Waals surface area contributed by atoms with Gasteiger partial charge in [-0.25, -0.2) is 9.97 Å². The third kappa shape index (κ3) is 4.16. The molecule has 8 nitrogen and oxygen atoms in total. The number of hydrogen-bond acceptors (Lipinski definition) is 6. The molecule has 3 aromatic carbocycles. The second-order valence-corrected chi connectivity index (χ2v) is 13.1. The van der Waals surface area contributed by atoms with Crippen molar-refractivity contribution in [1.82, 2.24) is 24.5 Å². The topological polar surface area (TPSA) is 101 Å². The Morgan fingerprint density at radius 3 is 2.06 bits per heavy atom. The summed E-state index contributed by atoms with van der Waals surface area (Å²) in [5.41, 5.74) is 1.33. The summed E-state index contributed by atoms with van der Waals surface area (Å²) in [7, 11) is 0. The number of aliphatic hydroxyl groups is 1. The van der Waals surface area contributed by atoms with E-state index in [9.17, 15) is 27.9 Å². The summed E-state index contributed by atoms with van der Waals surface area (Å²) in [6.45, 7) is 0. The van der Waals surface area contributed by atoms with Crippen molar-refractivity contribution in [2.75, 3.05) is 0 Å². The third-order valence-electron chi connectivity index (χ3n) is 10.1. The van der Waals surface area contributed by atoms with Crippen molar-refractivity contribution in [3.05, 3.63) is 120 Å². The number of alkyl halides is 3. The Labute approximate surface area is 271 Å². The monoisotopic (exact) mass is 645 g/mol. The van der Waals surface area contributed by atoms with Crippen molar-refractivity contribution in [2.24, 2.45) is 5.92 Å². The van der Waals surface area contributed by atoms with Gasteiger partial charge in [0.1, 0.15) is 0 Å². The highest BCUT2D eigenvalue weighted by molar-refractivity contribution is 6.22. The van der Waals surface area contributed by atoms with E-state index in [1.54, 1.807) is 24.3 Å². The zero-order valence-electron chi connectivity index (χ0n) is 25.3. The molecule has 2 saturated carbocycles. The molecule has 0 radical (unpaired) electrons. The standard InChI is InChI=1S/C37H26F3N5O3/c38-37(39,40)29-17-30-41-18-23-16-28(21-6-2-1-3-7-21)31(42-32(23)45(30)43-29)22-10-12-24(13-11-22)35(19-36(48,20-35)25-14-15-25)44-33(46)26-8-4-5-9-27(26)34(44)47/h1-13,16-18,25,48H,14-15,19-20H2. The van der Waals surface area contributed by atoms with Crippen LogP contribution in [0.2, 0.25) is 0 Å². The lowest BCUT2D eigenvalue weighted by molar-refractivity contribution is -0.144. The van der Waals surface area contributed by atoms with Crippen LogP contribution < -0.4 is 0 Å². The van der Waals surface area contributed by atoms with Crippen LogP contribution in [0.5, 0.6) is 0 Å². The maximum atomic E-state index is 13.7. The molecule has 3 aliphatic rings. The fraction of sp³-hybridized carbons (Fsp3) is 0.216. The predicted molar refractivity (Wildman–Crippen MR) is 170 cm³/mol.